The lowest BCUT2D eigenvalue weighted by Crippen LogP contribution is -2.45. The highest BCUT2D eigenvalue weighted by molar-refractivity contribution is 6.30. The quantitative estimate of drug-likeness (QED) is 0.870. The normalized spacial score (nSPS) is 22.8. The smallest absolute Gasteiger partial charge is 0.315 e. The van der Waals surface area contributed by atoms with Gasteiger partial charge in [0.25, 0.3) is 0 Å². The van der Waals surface area contributed by atoms with Crippen LogP contribution < -0.4 is 10.6 Å². The van der Waals surface area contributed by atoms with Crippen molar-refractivity contribution in [3.63, 3.8) is 0 Å². The minimum Gasteiger partial charge on any atom is -0.335 e. The van der Waals surface area contributed by atoms with Crippen molar-refractivity contribution in [3.8, 4) is 0 Å². The number of carbonyl (C=O) groups excluding carboxylic acids is 1. The van der Waals surface area contributed by atoms with Crippen LogP contribution in [-0.4, -0.2) is 12.1 Å². The molecule has 1 aliphatic rings. The highest BCUT2D eigenvalue weighted by Gasteiger charge is 2.22. The van der Waals surface area contributed by atoms with Crippen molar-refractivity contribution in [1.82, 2.24) is 10.6 Å². The number of hydrogen-bond donors (Lipinski definition) is 2. The summed E-state index contributed by atoms with van der Waals surface area (Å²) in [6.07, 6.45) is 4.79. The molecule has 2 rings (SSSR count). The highest BCUT2D eigenvalue weighted by Crippen LogP contribution is 2.23. The number of carbonyl (C=O) groups is 1. The van der Waals surface area contributed by atoms with Crippen molar-refractivity contribution < 1.29 is 4.79 Å². The van der Waals surface area contributed by atoms with Crippen molar-refractivity contribution in [3.05, 3.63) is 34.9 Å². The third-order valence-corrected chi connectivity index (χ3v) is 4.01. The van der Waals surface area contributed by atoms with Gasteiger partial charge in [-0.2, -0.15) is 0 Å². The number of rotatable bonds is 3. The van der Waals surface area contributed by atoms with Crippen molar-refractivity contribution in [2.75, 3.05) is 0 Å². The molecule has 0 bridgehead atoms. The molecule has 0 spiro atoms. The summed E-state index contributed by atoms with van der Waals surface area (Å²) in [5.74, 6) is 0.575. The maximum Gasteiger partial charge on any atom is 0.315 e. The van der Waals surface area contributed by atoms with Crippen LogP contribution >= 0.6 is 11.6 Å². The lowest BCUT2D eigenvalue weighted by atomic mass is 9.86. The number of amides is 2. The van der Waals surface area contributed by atoms with Gasteiger partial charge < -0.3 is 10.6 Å². The molecule has 0 radical (unpaired) electrons. The molecule has 1 fully saturated rings. The maximum absolute atomic E-state index is 11.9. The molecule has 104 valence electrons. The fraction of sp³-hybridized carbons (Fsp3) is 0.533. The Labute approximate surface area is 119 Å². The summed E-state index contributed by atoms with van der Waals surface area (Å²) in [4.78, 5) is 11.9. The average Bonchev–Trinajstić information content (AvgIpc) is 2.39. The summed E-state index contributed by atoms with van der Waals surface area (Å²) >= 11 is 5.91. The second kappa shape index (κ2) is 6.80. The number of nitrogens with one attached hydrogen (secondary N) is 2. The topological polar surface area (TPSA) is 41.1 Å². The van der Waals surface area contributed by atoms with Gasteiger partial charge in [-0.15, -0.1) is 0 Å². The van der Waals surface area contributed by atoms with Crippen LogP contribution in [0.5, 0.6) is 0 Å². The van der Waals surface area contributed by atoms with Gasteiger partial charge in [0.2, 0.25) is 0 Å². The Hall–Kier alpha value is -1.22. The summed E-state index contributed by atoms with van der Waals surface area (Å²) in [5.41, 5.74) is 1.01. The van der Waals surface area contributed by atoms with Gasteiger partial charge in [-0.3, -0.25) is 0 Å². The SMILES string of the molecule is CC1CCCCC1NC(=O)NCc1cccc(Cl)c1. The minimum atomic E-state index is -0.0845. The molecule has 2 atom stereocenters. The number of halogens is 1. The van der Waals surface area contributed by atoms with Gasteiger partial charge in [-0.25, -0.2) is 4.79 Å². The van der Waals surface area contributed by atoms with E-state index in [1.54, 1.807) is 0 Å². The molecule has 2 unspecified atom stereocenters. The summed E-state index contributed by atoms with van der Waals surface area (Å²) in [7, 11) is 0. The summed E-state index contributed by atoms with van der Waals surface area (Å²) < 4.78 is 0. The highest BCUT2D eigenvalue weighted by atomic mass is 35.5. The van der Waals surface area contributed by atoms with Gasteiger partial charge in [0, 0.05) is 17.6 Å². The Morgan fingerprint density at radius 1 is 1.37 bits per heavy atom. The van der Waals surface area contributed by atoms with Crippen LogP contribution in [0, 0.1) is 5.92 Å². The van der Waals surface area contributed by atoms with E-state index >= 15 is 0 Å². The first-order valence-corrected chi connectivity index (χ1v) is 7.32. The number of urea groups is 1. The van der Waals surface area contributed by atoms with Crippen LogP contribution in [0.2, 0.25) is 5.02 Å². The fourth-order valence-electron chi connectivity index (χ4n) is 2.58. The van der Waals surface area contributed by atoms with Gasteiger partial charge in [0.05, 0.1) is 0 Å². The molecule has 1 aromatic rings. The molecule has 1 aromatic carbocycles. The van der Waals surface area contributed by atoms with E-state index in [9.17, 15) is 4.79 Å². The van der Waals surface area contributed by atoms with Crippen LogP contribution in [0.15, 0.2) is 24.3 Å². The Kier molecular flexibility index (Phi) is 5.08. The average molecular weight is 281 g/mol. The molecule has 1 saturated carbocycles. The summed E-state index contributed by atoms with van der Waals surface area (Å²) in [6.45, 7) is 2.72. The predicted molar refractivity (Wildman–Crippen MR) is 78.2 cm³/mol. The second-order valence-corrected chi connectivity index (χ2v) is 5.76. The van der Waals surface area contributed by atoms with Crippen LogP contribution in [0.25, 0.3) is 0 Å². The first kappa shape index (κ1) is 14.2. The molecule has 0 saturated heterocycles. The molecule has 0 heterocycles. The fourth-order valence-corrected chi connectivity index (χ4v) is 2.79. The van der Waals surface area contributed by atoms with Crippen LogP contribution in [-0.2, 0) is 6.54 Å². The van der Waals surface area contributed by atoms with E-state index in [0.29, 0.717) is 23.5 Å². The van der Waals surface area contributed by atoms with Crippen LogP contribution in [0.3, 0.4) is 0 Å². The third-order valence-electron chi connectivity index (χ3n) is 3.77. The molecular formula is C15H21ClN2O. The molecule has 3 nitrogen and oxygen atoms in total. The van der Waals surface area contributed by atoms with Crippen molar-refractivity contribution in [2.24, 2.45) is 5.92 Å². The maximum atomic E-state index is 11.9. The molecule has 4 heteroatoms. The largest absolute Gasteiger partial charge is 0.335 e. The Balaban J connectivity index is 1.78. The van der Waals surface area contributed by atoms with Gasteiger partial charge in [0.1, 0.15) is 0 Å². The summed E-state index contributed by atoms with van der Waals surface area (Å²) in [5, 5.41) is 6.65. The van der Waals surface area contributed by atoms with Crippen molar-refractivity contribution >= 4 is 17.6 Å². The lowest BCUT2D eigenvalue weighted by molar-refractivity contribution is 0.221. The van der Waals surface area contributed by atoms with E-state index in [1.807, 2.05) is 24.3 Å². The third kappa shape index (κ3) is 4.43. The van der Waals surface area contributed by atoms with E-state index in [2.05, 4.69) is 17.6 Å². The lowest BCUT2D eigenvalue weighted by Gasteiger charge is -2.29. The van der Waals surface area contributed by atoms with E-state index in [0.717, 1.165) is 12.0 Å². The van der Waals surface area contributed by atoms with Crippen LogP contribution in [0.4, 0.5) is 4.79 Å². The molecular weight excluding hydrogens is 260 g/mol. The zero-order chi connectivity index (χ0) is 13.7. The minimum absolute atomic E-state index is 0.0845. The van der Waals surface area contributed by atoms with Crippen molar-refractivity contribution in [2.45, 2.75) is 45.2 Å². The molecule has 19 heavy (non-hydrogen) atoms. The molecule has 0 aliphatic heterocycles. The molecule has 0 aromatic heterocycles. The number of benzene rings is 1. The first-order chi connectivity index (χ1) is 9.15. The Morgan fingerprint density at radius 3 is 2.89 bits per heavy atom. The molecule has 2 N–H and O–H groups in total. The first-order valence-electron chi connectivity index (χ1n) is 6.94. The second-order valence-electron chi connectivity index (χ2n) is 5.33. The van der Waals surface area contributed by atoms with Crippen molar-refractivity contribution in [1.29, 1.82) is 0 Å². The van der Waals surface area contributed by atoms with Gasteiger partial charge in [-0.05, 0) is 36.5 Å². The zero-order valence-corrected chi connectivity index (χ0v) is 12.0. The Morgan fingerprint density at radius 2 is 2.16 bits per heavy atom. The molecule has 1 aliphatic carbocycles. The standard InChI is InChI=1S/C15H21ClN2O/c1-11-5-2-3-8-14(11)18-15(19)17-10-12-6-4-7-13(16)9-12/h4,6-7,9,11,14H,2-3,5,8,10H2,1H3,(H2,17,18,19). The van der Waals surface area contributed by atoms with Gasteiger partial charge >= 0.3 is 6.03 Å². The number of hydrogen-bond acceptors (Lipinski definition) is 1. The van der Waals surface area contributed by atoms with E-state index in [-0.39, 0.29) is 6.03 Å². The van der Waals surface area contributed by atoms with Crippen LogP contribution in [0.1, 0.15) is 38.2 Å². The van der Waals surface area contributed by atoms with E-state index in [4.69, 9.17) is 11.6 Å². The van der Waals surface area contributed by atoms with Gasteiger partial charge in [0.15, 0.2) is 0 Å². The zero-order valence-electron chi connectivity index (χ0n) is 11.3. The monoisotopic (exact) mass is 280 g/mol. The molecule has 2 amide bonds. The predicted octanol–water partition coefficient (Wildman–Crippen LogP) is 3.72. The van der Waals surface area contributed by atoms with Gasteiger partial charge in [-0.1, -0.05) is 43.5 Å². The Bertz CT molecular complexity index is 436. The van der Waals surface area contributed by atoms with E-state index in [1.165, 1.54) is 19.3 Å². The van der Waals surface area contributed by atoms with E-state index < -0.39 is 0 Å². The summed E-state index contributed by atoms with van der Waals surface area (Å²) in [6, 6.07) is 7.77.